The number of benzene rings is 3. The van der Waals surface area contributed by atoms with Gasteiger partial charge < -0.3 is 4.74 Å². The van der Waals surface area contributed by atoms with Crippen molar-refractivity contribution < 1.29 is 26.4 Å². The lowest BCUT2D eigenvalue weighted by atomic mass is 10.1. The fraction of sp³-hybridized carbons (Fsp3) is 0.120. The molecule has 0 aliphatic rings. The maximum Gasteiger partial charge on any atom is 0.294 e. The van der Waals surface area contributed by atoms with Crippen molar-refractivity contribution >= 4 is 72.0 Å². The number of sulfonamides is 2. The van der Waals surface area contributed by atoms with E-state index in [4.69, 9.17) is 27.9 Å². The number of ether oxygens (including phenoxy) is 1. The third kappa shape index (κ3) is 5.28. The number of rotatable bonds is 10. The third-order valence-electron chi connectivity index (χ3n) is 5.61. The fourth-order valence-corrected chi connectivity index (χ4v) is 6.88. The molecule has 0 fully saturated rings. The van der Waals surface area contributed by atoms with Crippen LogP contribution in [-0.4, -0.2) is 41.6 Å². The fourth-order valence-electron chi connectivity index (χ4n) is 3.84. The molecule has 0 bridgehead atoms. The third-order valence-corrected chi connectivity index (χ3v) is 9.74. The summed E-state index contributed by atoms with van der Waals surface area (Å²) in [5.74, 6) is -0.0545. The summed E-state index contributed by atoms with van der Waals surface area (Å²) in [4.78, 5) is 15.3. The molecule has 0 unspecified atom stereocenters. The second kappa shape index (κ2) is 11.2. The number of carbonyl (C=O) groups excluding carboxylic acids is 1. The quantitative estimate of drug-likeness (QED) is 0.186. The zero-order chi connectivity index (χ0) is 27.5. The van der Waals surface area contributed by atoms with E-state index in [-0.39, 0.29) is 34.3 Å². The van der Waals surface area contributed by atoms with Crippen molar-refractivity contribution in [3.8, 4) is 0 Å². The van der Waals surface area contributed by atoms with Crippen LogP contribution in [0.2, 0.25) is 10.0 Å². The van der Waals surface area contributed by atoms with Gasteiger partial charge in [0.2, 0.25) is 0 Å². The van der Waals surface area contributed by atoms with E-state index >= 15 is 0 Å². The summed E-state index contributed by atoms with van der Waals surface area (Å²) >= 11 is 11.8. The second-order valence-corrected chi connectivity index (χ2v) is 12.4. The van der Waals surface area contributed by atoms with Crippen molar-refractivity contribution in [2.75, 3.05) is 21.9 Å². The number of nitrogens with zero attached hydrogens (tertiary/aromatic N) is 3. The SMILES string of the molecule is CCN(c1cnc(N(COC=O)S(=O)(=O)c2ccc(Cl)cc2)c2ccccc12)S(=O)(=O)c1ccc(Cl)cc1. The van der Waals surface area contributed by atoms with Crippen LogP contribution in [-0.2, 0) is 29.6 Å². The molecular formula is C25H21Cl2N3O6S2. The minimum atomic E-state index is -4.26. The van der Waals surface area contributed by atoms with Gasteiger partial charge in [-0.15, -0.1) is 0 Å². The molecule has 0 aliphatic heterocycles. The van der Waals surface area contributed by atoms with Crippen LogP contribution < -0.4 is 8.61 Å². The zero-order valence-corrected chi connectivity index (χ0v) is 23.0. The summed E-state index contributed by atoms with van der Waals surface area (Å²) in [6.07, 6.45) is 1.28. The van der Waals surface area contributed by atoms with E-state index in [1.807, 2.05) is 0 Å². The first-order chi connectivity index (χ1) is 18.1. The van der Waals surface area contributed by atoms with Crippen molar-refractivity contribution in [1.29, 1.82) is 0 Å². The highest BCUT2D eigenvalue weighted by molar-refractivity contribution is 7.93. The van der Waals surface area contributed by atoms with Gasteiger partial charge in [0.15, 0.2) is 12.5 Å². The molecule has 198 valence electrons. The number of anilines is 2. The van der Waals surface area contributed by atoms with Crippen molar-refractivity contribution in [3.63, 3.8) is 0 Å². The molecule has 0 amide bonds. The average Bonchev–Trinajstić information content (AvgIpc) is 2.90. The highest BCUT2D eigenvalue weighted by atomic mass is 35.5. The number of hydrogen-bond acceptors (Lipinski definition) is 7. The molecule has 1 heterocycles. The van der Waals surface area contributed by atoms with Gasteiger partial charge in [-0.1, -0.05) is 47.5 Å². The number of aromatic nitrogens is 1. The van der Waals surface area contributed by atoms with Gasteiger partial charge in [0.05, 0.1) is 21.7 Å². The smallest absolute Gasteiger partial charge is 0.294 e. The van der Waals surface area contributed by atoms with E-state index < -0.39 is 26.8 Å². The first-order valence-electron chi connectivity index (χ1n) is 11.1. The van der Waals surface area contributed by atoms with Crippen LogP contribution in [0.1, 0.15) is 6.92 Å². The minimum absolute atomic E-state index is 0.0308. The van der Waals surface area contributed by atoms with Gasteiger partial charge in [0, 0.05) is 27.4 Å². The number of halogens is 2. The topological polar surface area (TPSA) is 114 Å². The van der Waals surface area contributed by atoms with Gasteiger partial charge in [-0.05, 0) is 55.5 Å². The van der Waals surface area contributed by atoms with E-state index in [1.54, 1.807) is 31.2 Å². The van der Waals surface area contributed by atoms with Crippen LogP contribution in [0, 0.1) is 0 Å². The zero-order valence-electron chi connectivity index (χ0n) is 19.9. The Hall–Kier alpha value is -3.38. The molecule has 3 aromatic carbocycles. The van der Waals surface area contributed by atoms with Gasteiger partial charge in [-0.25, -0.2) is 26.1 Å². The lowest BCUT2D eigenvalue weighted by Crippen LogP contribution is -2.35. The Balaban J connectivity index is 1.90. The van der Waals surface area contributed by atoms with E-state index in [2.05, 4.69) is 4.98 Å². The van der Waals surface area contributed by atoms with Crippen molar-refractivity contribution in [2.45, 2.75) is 16.7 Å². The summed E-state index contributed by atoms with van der Waals surface area (Å²) < 4.78 is 61.0. The van der Waals surface area contributed by atoms with E-state index in [0.29, 0.717) is 20.8 Å². The molecule has 0 aliphatic carbocycles. The molecule has 1 aromatic heterocycles. The maximum atomic E-state index is 13.6. The Bertz CT molecular complexity index is 1680. The van der Waals surface area contributed by atoms with E-state index in [0.717, 1.165) is 4.31 Å². The molecule has 0 radical (unpaired) electrons. The summed E-state index contributed by atoms with van der Waals surface area (Å²) in [5, 5.41) is 1.47. The molecule has 4 aromatic rings. The molecule has 0 N–H and O–H groups in total. The number of fused-ring (bicyclic) bond motifs is 1. The average molecular weight is 594 g/mol. The summed E-state index contributed by atoms with van der Waals surface area (Å²) in [5.41, 5.74) is 0.238. The van der Waals surface area contributed by atoms with Crippen molar-refractivity contribution in [3.05, 3.63) is 89.0 Å². The first-order valence-corrected chi connectivity index (χ1v) is 14.7. The van der Waals surface area contributed by atoms with E-state index in [1.165, 1.54) is 59.0 Å². The molecule has 0 saturated heterocycles. The summed E-state index contributed by atoms with van der Waals surface area (Å²) in [7, 11) is -8.28. The highest BCUT2D eigenvalue weighted by Crippen LogP contribution is 2.36. The normalized spacial score (nSPS) is 11.8. The van der Waals surface area contributed by atoms with Crippen LogP contribution in [0.3, 0.4) is 0 Å². The van der Waals surface area contributed by atoms with Crippen LogP contribution in [0.25, 0.3) is 10.8 Å². The van der Waals surface area contributed by atoms with E-state index in [9.17, 15) is 21.6 Å². The predicted octanol–water partition coefficient (Wildman–Crippen LogP) is 5.08. The highest BCUT2D eigenvalue weighted by Gasteiger charge is 2.31. The summed E-state index contributed by atoms with van der Waals surface area (Å²) in [6.45, 7) is 1.20. The number of pyridine rings is 1. The number of carbonyl (C=O) groups is 1. The van der Waals surface area contributed by atoms with Gasteiger partial charge in [-0.3, -0.25) is 9.10 Å². The standard InChI is InChI=1S/C25H21Cl2N3O6S2/c1-2-29(37(32,33)20-11-7-18(26)8-12-20)24-15-28-25(23-6-4-3-5-22(23)24)30(16-36-17-31)38(34,35)21-13-9-19(27)10-14-21/h3-15,17H,2,16H2,1H3. The van der Waals surface area contributed by atoms with Gasteiger partial charge >= 0.3 is 0 Å². The molecule has 13 heteroatoms. The van der Waals surface area contributed by atoms with Crippen LogP contribution in [0.4, 0.5) is 11.5 Å². The Labute approximate surface area is 230 Å². The first kappa shape index (κ1) is 27.6. The molecule has 38 heavy (non-hydrogen) atoms. The molecular weight excluding hydrogens is 573 g/mol. The Morgan fingerprint density at radius 2 is 1.29 bits per heavy atom. The molecule has 4 rings (SSSR count). The Morgan fingerprint density at radius 1 is 0.789 bits per heavy atom. The Kier molecular flexibility index (Phi) is 8.12. The van der Waals surface area contributed by atoms with Crippen molar-refractivity contribution in [1.82, 2.24) is 4.98 Å². The van der Waals surface area contributed by atoms with Crippen molar-refractivity contribution in [2.24, 2.45) is 0 Å². The van der Waals surface area contributed by atoms with Crippen LogP contribution in [0.5, 0.6) is 0 Å². The predicted molar refractivity (Wildman–Crippen MR) is 147 cm³/mol. The van der Waals surface area contributed by atoms with Crippen LogP contribution >= 0.6 is 23.2 Å². The molecule has 0 saturated carbocycles. The number of hydrogen-bond donors (Lipinski definition) is 0. The minimum Gasteiger partial charge on any atom is -0.445 e. The lowest BCUT2D eigenvalue weighted by molar-refractivity contribution is -0.128. The monoisotopic (exact) mass is 593 g/mol. The molecule has 0 spiro atoms. The lowest BCUT2D eigenvalue weighted by Gasteiger charge is -2.27. The van der Waals surface area contributed by atoms with Gasteiger partial charge in [0.25, 0.3) is 26.5 Å². The van der Waals surface area contributed by atoms with Gasteiger partial charge in [0.1, 0.15) is 0 Å². The molecule has 9 nitrogen and oxygen atoms in total. The molecule has 0 atom stereocenters. The maximum absolute atomic E-state index is 13.6. The van der Waals surface area contributed by atoms with Gasteiger partial charge in [-0.2, -0.15) is 0 Å². The Morgan fingerprint density at radius 3 is 1.79 bits per heavy atom. The summed E-state index contributed by atoms with van der Waals surface area (Å²) in [6, 6.07) is 17.9. The largest absolute Gasteiger partial charge is 0.445 e. The van der Waals surface area contributed by atoms with Crippen LogP contribution in [0.15, 0.2) is 88.8 Å². The second-order valence-electron chi connectivity index (χ2n) is 7.84.